The van der Waals surface area contributed by atoms with Gasteiger partial charge in [0.2, 0.25) is 10.0 Å². The maximum absolute atomic E-state index is 13.3. The molecule has 0 aliphatic carbocycles. The van der Waals surface area contributed by atoms with Crippen molar-refractivity contribution in [3.63, 3.8) is 0 Å². The Morgan fingerprint density at radius 2 is 1.79 bits per heavy atom. The summed E-state index contributed by atoms with van der Waals surface area (Å²) >= 11 is 0. The van der Waals surface area contributed by atoms with E-state index in [4.69, 9.17) is 10.5 Å². The number of nitrogens with zero attached hydrogens (tertiary/aromatic N) is 1. The van der Waals surface area contributed by atoms with E-state index in [0.29, 0.717) is 36.7 Å². The van der Waals surface area contributed by atoms with Gasteiger partial charge in [-0.05, 0) is 59.7 Å². The van der Waals surface area contributed by atoms with E-state index in [1.54, 1.807) is 16.4 Å². The van der Waals surface area contributed by atoms with E-state index in [2.05, 4.69) is 0 Å². The number of phenols is 1. The largest absolute Gasteiger partial charge is 0.507 e. The van der Waals surface area contributed by atoms with Gasteiger partial charge in [-0.15, -0.1) is 0 Å². The molecule has 174 valence electrons. The van der Waals surface area contributed by atoms with Gasteiger partial charge in [0, 0.05) is 31.6 Å². The molecule has 6 nitrogen and oxygen atoms in total. The van der Waals surface area contributed by atoms with Crippen molar-refractivity contribution in [2.24, 2.45) is 11.7 Å². The molecular formula is C26H30N2O4S. The number of sulfonamides is 1. The predicted molar refractivity (Wildman–Crippen MR) is 129 cm³/mol. The monoisotopic (exact) mass is 466 g/mol. The number of aromatic hydroxyl groups is 1. The number of ether oxygens (including phenoxy) is 1. The highest BCUT2D eigenvalue weighted by atomic mass is 32.2. The summed E-state index contributed by atoms with van der Waals surface area (Å²) in [7, 11) is -3.55. The molecule has 3 aromatic carbocycles. The van der Waals surface area contributed by atoms with Crippen molar-refractivity contribution < 1.29 is 18.3 Å². The Kier molecular flexibility index (Phi) is 5.91. The number of nitrogens with two attached hydrogens (primary N) is 1. The van der Waals surface area contributed by atoms with Crippen LogP contribution in [-0.2, 0) is 21.2 Å². The molecule has 0 radical (unpaired) electrons. The summed E-state index contributed by atoms with van der Waals surface area (Å²) in [6.45, 7) is 3.16. The standard InChI is InChI=1S/C26H30N2O4S/c1-17-6-9-22-23(26(17)29)15-24(32-25(22)16-27)19-10-12-28(13-11-19)33(30,31)21-8-7-18-4-2-3-5-20(18)14-21/h2-9,14,19,24-25,29H,10-13,15-16,27H2,1H3. The number of aryl methyl sites for hydroxylation is 1. The second-order valence-electron chi connectivity index (χ2n) is 9.15. The maximum atomic E-state index is 13.3. The first-order valence-electron chi connectivity index (χ1n) is 11.5. The molecular weight excluding hydrogens is 436 g/mol. The molecule has 2 heterocycles. The molecule has 0 saturated carbocycles. The summed E-state index contributed by atoms with van der Waals surface area (Å²) in [5.41, 5.74) is 8.73. The van der Waals surface area contributed by atoms with Crippen molar-refractivity contribution in [3.05, 3.63) is 71.3 Å². The Bertz CT molecular complexity index is 1280. The maximum Gasteiger partial charge on any atom is 0.243 e. The minimum atomic E-state index is -3.55. The van der Waals surface area contributed by atoms with Crippen molar-refractivity contribution in [1.29, 1.82) is 0 Å². The molecule has 2 atom stereocenters. The molecule has 1 saturated heterocycles. The fraction of sp³-hybridized carbons (Fsp3) is 0.385. The number of piperidine rings is 1. The van der Waals surface area contributed by atoms with Gasteiger partial charge in [0.05, 0.1) is 17.1 Å². The second-order valence-corrected chi connectivity index (χ2v) is 11.1. The van der Waals surface area contributed by atoms with Crippen LogP contribution in [0, 0.1) is 12.8 Å². The van der Waals surface area contributed by atoms with Crippen molar-refractivity contribution in [3.8, 4) is 5.75 Å². The first-order chi connectivity index (χ1) is 15.9. The van der Waals surface area contributed by atoms with Crippen LogP contribution in [0.3, 0.4) is 0 Å². The Hall–Kier alpha value is -2.45. The lowest BCUT2D eigenvalue weighted by Gasteiger charge is -2.40. The number of hydrogen-bond acceptors (Lipinski definition) is 5. The number of rotatable bonds is 4. The van der Waals surface area contributed by atoms with E-state index < -0.39 is 10.0 Å². The summed E-state index contributed by atoms with van der Waals surface area (Å²) in [5, 5.41) is 12.6. The zero-order valence-electron chi connectivity index (χ0n) is 18.8. The summed E-state index contributed by atoms with van der Waals surface area (Å²) in [6, 6.07) is 17.0. The first kappa shape index (κ1) is 22.3. The van der Waals surface area contributed by atoms with Crippen molar-refractivity contribution in [2.75, 3.05) is 19.6 Å². The minimum absolute atomic E-state index is 0.0794. The van der Waals surface area contributed by atoms with Gasteiger partial charge < -0.3 is 15.6 Å². The number of benzene rings is 3. The van der Waals surface area contributed by atoms with Crippen LogP contribution in [0.2, 0.25) is 0 Å². The normalized spacial score (nSPS) is 22.4. The van der Waals surface area contributed by atoms with Crippen LogP contribution >= 0.6 is 0 Å². The van der Waals surface area contributed by atoms with Crippen molar-refractivity contribution >= 4 is 20.8 Å². The molecule has 33 heavy (non-hydrogen) atoms. The lowest BCUT2D eigenvalue weighted by atomic mass is 9.83. The van der Waals surface area contributed by atoms with Gasteiger partial charge in [0.1, 0.15) is 5.75 Å². The van der Waals surface area contributed by atoms with Crippen LogP contribution in [0.15, 0.2) is 59.5 Å². The molecule has 7 heteroatoms. The molecule has 5 rings (SSSR count). The van der Waals surface area contributed by atoms with E-state index in [1.165, 1.54) is 0 Å². The smallest absolute Gasteiger partial charge is 0.243 e. The van der Waals surface area contributed by atoms with Gasteiger partial charge >= 0.3 is 0 Å². The summed E-state index contributed by atoms with van der Waals surface area (Å²) in [5.74, 6) is 0.547. The highest BCUT2D eigenvalue weighted by molar-refractivity contribution is 7.89. The first-order valence-corrected chi connectivity index (χ1v) is 13.0. The fourth-order valence-corrected chi connectivity index (χ4v) is 6.75. The zero-order chi connectivity index (χ0) is 23.2. The average molecular weight is 467 g/mol. The van der Waals surface area contributed by atoms with Crippen LogP contribution in [0.1, 0.15) is 35.6 Å². The third kappa shape index (κ3) is 4.04. The minimum Gasteiger partial charge on any atom is -0.507 e. The van der Waals surface area contributed by atoms with E-state index >= 15 is 0 Å². The Balaban J connectivity index is 1.32. The van der Waals surface area contributed by atoms with Crippen LogP contribution in [0.25, 0.3) is 10.8 Å². The number of hydrogen-bond donors (Lipinski definition) is 2. The zero-order valence-corrected chi connectivity index (χ0v) is 19.6. The Morgan fingerprint density at radius 1 is 1.06 bits per heavy atom. The van der Waals surface area contributed by atoms with E-state index in [9.17, 15) is 13.5 Å². The van der Waals surface area contributed by atoms with Gasteiger partial charge in [-0.25, -0.2) is 8.42 Å². The fourth-order valence-electron chi connectivity index (χ4n) is 5.24. The lowest BCUT2D eigenvalue weighted by molar-refractivity contribution is -0.0612. The molecule has 1 fully saturated rings. The Labute approximate surface area is 195 Å². The van der Waals surface area contributed by atoms with E-state index in [1.807, 2.05) is 49.4 Å². The molecule has 0 aromatic heterocycles. The quantitative estimate of drug-likeness (QED) is 0.608. The Morgan fingerprint density at radius 3 is 2.52 bits per heavy atom. The number of fused-ring (bicyclic) bond motifs is 2. The summed E-state index contributed by atoms with van der Waals surface area (Å²) in [4.78, 5) is 0.339. The highest BCUT2D eigenvalue weighted by Crippen LogP contribution is 2.40. The molecule has 0 bridgehead atoms. The molecule has 0 amide bonds. The SMILES string of the molecule is Cc1ccc2c(c1O)CC(C1CCN(S(=O)(=O)c3ccc4ccccc4c3)CC1)OC2CN. The summed E-state index contributed by atoms with van der Waals surface area (Å²) in [6.07, 6.45) is 1.74. The second kappa shape index (κ2) is 8.72. The van der Waals surface area contributed by atoms with E-state index in [0.717, 1.165) is 40.3 Å². The molecule has 0 spiro atoms. The molecule has 2 aliphatic rings. The third-order valence-electron chi connectivity index (χ3n) is 7.21. The third-order valence-corrected chi connectivity index (χ3v) is 9.10. The van der Waals surface area contributed by atoms with Gasteiger partial charge in [0.25, 0.3) is 0 Å². The molecule has 2 unspecified atom stereocenters. The lowest BCUT2D eigenvalue weighted by Crippen LogP contribution is -2.44. The summed E-state index contributed by atoms with van der Waals surface area (Å²) < 4.78 is 34.5. The van der Waals surface area contributed by atoms with Gasteiger partial charge in [-0.2, -0.15) is 4.31 Å². The average Bonchev–Trinajstić information content (AvgIpc) is 2.85. The van der Waals surface area contributed by atoms with Gasteiger partial charge in [-0.1, -0.05) is 42.5 Å². The van der Waals surface area contributed by atoms with Crippen molar-refractivity contribution in [1.82, 2.24) is 4.31 Å². The van der Waals surface area contributed by atoms with Crippen molar-refractivity contribution in [2.45, 2.75) is 43.3 Å². The molecule has 2 aliphatic heterocycles. The van der Waals surface area contributed by atoms with Crippen LogP contribution in [-0.4, -0.2) is 43.6 Å². The van der Waals surface area contributed by atoms with Gasteiger partial charge in [-0.3, -0.25) is 0 Å². The predicted octanol–water partition coefficient (Wildman–Crippen LogP) is 3.90. The van der Waals surface area contributed by atoms with Crippen LogP contribution < -0.4 is 5.73 Å². The van der Waals surface area contributed by atoms with E-state index in [-0.39, 0.29) is 18.1 Å². The van der Waals surface area contributed by atoms with Crippen LogP contribution in [0.5, 0.6) is 5.75 Å². The molecule has 3 N–H and O–H groups in total. The number of phenolic OH excluding ortho intramolecular Hbond substituents is 1. The molecule has 3 aromatic rings. The van der Waals surface area contributed by atoms with Gasteiger partial charge in [0.15, 0.2) is 0 Å². The highest BCUT2D eigenvalue weighted by Gasteiger charge is 2.37. The topological polar surface area (TPSA) is 92.9 Å². The van der Waals surface area contributed by atoms with Crippen LogP contribution in [0.4, 0.5) is 0 Å².